The van der Waals surface area contributed by atoms with Gasteiger partial charge in [-0.05, 0) is 48.9 Å². The van der Waals surface area contributed by atoms with E-state index in [1.165, 1.54) is 6.07 Å². The van der Waals surface area contributed by atoms with Crippen LogP contribution in [0.1, 0.15) is 29.7 Å². The van der Waals surface area contributed by atoms with Gasteiger partial charge in [-0.2, -0.15) is 0 Å². The highest BCUT2D eigenvalue weighted by Gasteiger charge is 2.19. The molecule has 1 aromatic heterocycles. The van der Waals surface area contributed by atoms with Gasteiger partial charge in [0.2, 0.25) is 0 Å². The number of benzene rings is 1. The zero-order valence-corrected chi connectivity index (χ0v) is 11.7. The first-order valence-corrected chi connectivity index (χ1v) is 6.60. The molecule has 0 fully saturated rings. The van der Waals surface area contributed by atoms with E-state index in [4.69, 9.17) is 11.6 Å². The fourth-order valence-corrected chi connectivity index (χ4v) is 2.29. The van der Waals surface area contributed by atoms with Crippen molar-refractivity contribution < 1.29 is 4.39 Å². The maximum atomic E-state index is 14.0. The monoisotopic (exact) mass is 278 g/mol. The Bertz CT molecular complexity index is 572. The van der Waals surface area contributed by atoms with E-state index in [1.807, 2.05) is 19.9 Å². The van der Waals surface area contributed by atoms with Crippen molar-refractivity contribution in [2.75, 3.05) is 6.54 Å². The maximum Gasteiger partial charge on any atom is 0.128 e. The van der Waals surface area contributed by atoms with Crippen molar-refractivity contribution in [1.82, 2.24) is 10.3 Å². The van der Waals surface area contributed by atoms with Crippen LogP contribution in [0.5, 0.6) is 0 Å². The van der Waals surface area contributed by atoms with E-state index >= 15 is 0 Å². The van der Waals surface area contributed by atoms with Gasteiger partial charge in [0, 0.05) is 23.0 Å². The Morgan fingerprint density at radius 3 is 2.79 bits per heavy atom. The van der Waals surface area contributed by atoms with Crippen molar-refractivity contribution in [3.05, 3.63) is 64.2 Å². The Morgan fingerprint density at radius 1 is 1.32 bits per heavy atom. The molecule has 1 N–H and O–H groups in total. The fourth-order valence-electron chi connectivity index (χ4n) is 2.11. The smallest absolute Gasteiger partial charge is 0.128 e. The van der Waals surface area contributed by atoms with Crippen LogP contribution in [0.15, 0.2) is 36.7 Å². The maximum absolute atomic E-state index is 14.0. The van der Waals surface area contributed by atoms with Crippen molar-refractivity contribution >= 4 is 11.6 Å². The van der Waals surface area contributed by atoms with Gasteiger partial charge in [-0.25, -0.2) is 4.39 Å². The van der Waals surface area contributed by atoms with Crippen LogP contribution in [-0.4, -0.2) is 11.5 Å². The van der Waals surface area contributed by atoms with Crippen molar-refractivity contribution in [1.29, 1.82) is 0 Å². The molecule has 1 aromatic carbocycles. The number of hydrogen-bond acceptors (Lipinski definition) is 2. The van der Waals surface area contributed by atoms with Crippen LogP contribution < -0.4 is 5.32 Å². The second-order valence-electron chi connectivity index (χ2n) is 4.39. The molecule has 1 unspecified atom stereocenters. The van der Waals surface area contributed by atoms with Gasteiger partial charge >= 0.3 is 0 Å². The second kappa shape index (κ2) is 6.13. The molecule has 0 radical (unpaired) electrons. The summed E-state index contributed by atoms with van der Waals surface area (Å²) in [6, 6.07) is 6.30. The number of aryl methyl sites for hydroxylation is 1. The van der Waals surface area contributed by atoms with Crippen molar-refractivity contribution in [3.63, 3.8) is 0 Å². The molecule has 0 spiro atoms. The molecule has 0 saturated heterocycles. The van der Waals surface area contributed by atoms with Gasteiger partial charge in [0.1, 0.15) is 5.82 Å². The molecule has 0 aliphatic heterocycles. The molecule has 2 rings (SSSR count). The molecule has 4 heteroatoms. The van der Waals surface area contributed by atoms with E-state index in [2.05, 4.69) is 10.3 Å². The Labute approximate surface area is 117 Å². The SMILES string of the molecule is CCNC(c1cnccc1C)c1cc(Cl)ccc1F. The first kappa shape index (κ1) is 14.0. The number of halogens is 2. The van der Waals surface area contributed by atoms with Crippen LogP contribution in [0.4, 0.5) is 4.39 Å². The summed E-state index contributed by atoms with van der Waals surface area (Å²) in [5.74, 6) is -0.265. The summed E-state index contributed by atoms with van der Waals surface area (Å²) in [4.78, 5) is 4.13. The molecule has 1 heterocycles. The zero-order valence-electron chi connectivity index (χ0n) is 11.0. The lowest BCUT2D eigenvalue weighted by Gasteiger charge is -2.21. The van der Waals surface area contributed by atoms with Gasteiger partial charge < -0.3 is 5.32 Å². The van der Waals surface area contributed by atoms with Gasteiger partial charge in [0.25, 0.3) is 0 Å². The number of nitrogens with zero attached hydrogens (tertiary/aromatic N) is 1. The molecule has 0 amide bonds. The van der Waals surface area contributed by atoms with Gasteiger partial charge in [-0.3, -0.25) is 4.98 Å². The van der Waals surface area contributed by atoms with Crippen molar-refractivity contribution in [2.45, 2.75) is 19.9 Å². The largest absolute Gasteiger partial charge is 0.306 e. The molecule has 2 nitrogen and oxygen atoms in total. The minimum absolute atomic E-state index is 0.239. The number of pyridine rings is 1. The second-order valence-corrected chi connectivity index (χ2v) is 4.83. The standard InChI is InChI=1S/C15H16ClFN2/c1-3-19-15(13-9-18-7-6-10(13)2)12-8-11(16)4-5-14(12)17/h4-9,15,19H,3H2,1-2H3. The molecule has 0 aliphatic rings. The van der Waals surface area contributed by atoms with E-state index in [-0.39, 0.29) is 11.9 Å². The predicted octanol–water partition coefficient (Wildman–Crippen LogP) is 3.88. The quantitative estimate of drug-likeness (QED) is 0.918. The first-order chi connectivity index (χ1) is 9.13. The Kier molecular flexibility index (Phi) is 4.51. The van der Waals surface area contributed by atoms with Gasteiger partial charge in [-0.1, -0.05) is 18.5 Å². The lowest BCUT2D eigenvalue weighted by atomic mass is 9.96. The molecule has 0 saturated carbocycles. The lowest BCUT2D eigenvalue weighted by molar-refractivity contribution is 0.557. The Balaban J connectivity index is 2.51. The highest BCUT2D eigenvalue weighted by atomic mass is 35.5. The minimum atomic E-state index is -0.265. The summed E-state index contributed by atoms with van der Waals surface area (Å²) in [7, 11) is 0. The number of rotatable bonds is 4. The molecule has 2 aromatic rings. The topological polar surface area (TPSA) is 24.9 Å². The highest BCUT2D eigenvalue weighted by molar-refractivity contribution is 6.30. The van der Waals surface area contributed by atoms with Crippen LogP contribution in [0.2, 0.25) is 5.02 Å². The molecular formula is C15H16ClFN2. The average molecular weight is 279 g/mol. The third-order valence-corrected chi connectivity index (χ3v) is 3.30. The van der Waals surface area contributed by atoms with Crippen LogP contribution in [-0.2, 0) is 0 Å². The van der Waals surface area contributed by atoms with Gasteiger partial charge in [-0.15, -0.1) is 0 Å². The van der Waals surface area contributed by atoms with Gasteiger partial charge in [0.05, 0.1) is 6.04 Å². The third-order valence-electron chi connectivity index (χ3n) is 3.07. The summed E-state index contributed by atoms with van der Waals surface area (Å²) in [6.07, 6.45) is 3.50. The van der Waals surface area contributed by atoms with Crippen LogP contribution in [0.3, 0.4) is 0 Å². The van der Waals surface area contributed by atoms with E-state index in [0.29, 0.717) is 10.6 Å². The minimum Gasteiger partial charge on any atom is -0.306 e. The zero-order chi connectivity index (χ0) is 13.8. The van der Waals surface area contributed by atoms with Crippen LogP contribution >= 0.6 is 11.6 Å². The Morgan fingerprint density at radius 2 is 2.11 bits per heavy atom. The van der Waals surface area contributed by atoms with Crippen LogP contribution in [0, 0.1) is 12.7 Å². The molecule has 100 valence electrons. The highest BCUT2D eigenvalue weighted by Crippen LogP contribution is 2.28. The molecule has 0 aliphatic carbocycles. The van der Waals surface area contributed by atoms with E-state index < -0.39 is 0 Å². The summed E-state index contributed by atoms with van der Waals surface area (Å²) in [5.41, 5.74) is 2.58. The number of hydrogen-bond donors (Lipinski definition) is 1. The molecule has 1 atom stereocenters. The van der Waals surface area contributed by atoms with E-state index in [1.54, 1.807) is 24.5 Å². The fraction of sp³-hybridized carbons (Fsp3) is 0.267. The van der Waals surface area contributed by atoms with E-state index in [0.717, 1.165) is 17.7 Å². The summed E-state index contributed by atoms with van der Waals surface area (Å²) in [6.45, 7) is 4.70. The van der Waals surface area contributed by atoms with Crippen molar-refractivity contribution in [2.24, 2.45) is 0 Å². The molecule has 19 heavy (non-hydrogen) atoms. The summed E-state index contributed by atoms with van der Waals surface area (Å²) < 4.78 is 14.0. The Hall–Kier alpha value is -1.45. The summed E-state index contributed by atoms with van der Waals surface area (Å²) >= 11 is 5.98. The number of nitrogens with one attached hydrogen (secondary N) is 1. The molecular weight excluding hydrogens is 263 g/mol. The van der Waals surface area contributed by atoms with Crippen LogP contribution in [0.25, 0.3) is 0 Å². The number of aromatic nitrogens is 1. The summed E-state index contributed by atoms with van der Waals surface area (Å²) in [5, 5.41) is 3.81. The molecule has 0 bridgehead atoms. The average Bonchev–Trinajstić information content (AvgIpc) is 2.40. The lowest BCUT2D eigenvalue weighted by Crippen LogP contribution is -2.24. The van der Waals surface area contributed by atoms with Gasteiger partial charge in [0.15, 0.2) is 0 Å². The van der Waals surface area contributed by atoms with Crippen molar-refractivity contribution in [3.8, 4) is 0 Å². The van der Waals surface area contributed by atoms with E-state index in [9.17, 15) is 4.39 Å². The normalized spacial score (nSPS) is 12.4. The predicted molar refractivity (Wildman–Crippen MR) is 75.9 cm³/mol. The first-order valence-electron chi connectivity index (χ1n) is 6.22. The third kappa shape index (κ3) is 3.11.